The molecule has 1 amide bonds. The lowest BCUT2D eigenvalue weighted by atomic mass is 10.1. The molecule has 1 heterocycles. The molecule has 7 heteroatoms. The molecule has 7 nitrogen and oxygen atoms in total. The third-order valence-electron chi connectivity index (χ3n) is 3.64. The van der Waals surface area contributed by atoms with Crippen molar-refractivity contribution in [1.82, 2.24) is 4.90 Å². The molecule has 2 unspecified atom stereocenters. The van der Waals surface area contributed by atoms with Crippen LogP contribution in [0.3, 0.4) is 0 Å². The second-order valence-corrected chi connectivity index (χ2v) is 4.91. The van der Waals surface area contributed by atoms with E-state index >= 15 is 0 Å². The number of hydrogen-bond acceptors (Lipinski definition) is 6. The van der Waals surface area contributed by atoms with Gasteiger partial charge in [-0.3, -0.25) is 9.59 Å². The first-order chi connectivity index (χ1) is 9.95. The molecule has 1 aliphatic heterocycles. The molecular weight excluding hydrogens is 276 g/mol. The number of nitrogens with zero attached hydrogens (tertiary/aromatic N) is 1. The van der Waals surface area contributed by atoms with Gasteiger partial charge in [0.05, 0.1) is 19.7 Å². The highest BCUT2D eigenvalue weighted by Crippen LogP contribution is 2.32. The monoisotopic (exact) mass is 294 g/mol. The highest BCUT2D eigenvalue weighted by atomic mass is 16.5. The molecule has 114 valence electrons. The molecule has 2 rings (SSSR count). The van der Waals surface area contributed by atoms with E-state index in [0.717, 1.165) is 0 Å². The predicted octanol–water partition coefficient (Wildman–Crippen LogP) is -0.0531. The Labute approximate surface area is 121 Å². The van der Waals surface area contributed by atoms with E-state index in [9.17, 15) is 19.8 Å². The minimum atomic E-state index is -1.28. The van der Waals surface area contributed by atoms with Gasteiger partial charge in [-0.1, -0.05) is 6.07 Å². The number of ether oxygens (including phenoxy) is 1. The lowest BCUT2D eigenvalue weighted by Crippen LogP contribution is -2.48. The number of rotatable bonds is 5. The zero-order valence-electron chi connectivity index (χ0n) is 11.7. The minimum Gasteiger partial charge on any atom is -0.508 e. The molecule has 0 fully saturated rings. The molecule has 0 bridgehead atoms. The van der Waals surface area contributed by atoms with E-state index in [-0.39, 0.29) is 31.0 Å². The van der Waals surface area contributed by atoms with E-state index in [4.69, 9.17) is 5.73 Å². The summed E-state index contributed by atoms with van der Waals surface area (Å²) in [6.45, 7) is 0.154. The normalized spacial score (nSPS) is 16.5. The molecule has 0 saturated carbocycles. The maximum atomic E-state index is 12.3. The first kappa shape index (κ1) is 15.3. The fourth-order valence-corrected chi connectivity index (χ4v) is 2.48. The zero-order valence-corrected chi connectivity index (χ0v) is 11.7. The van der Waals surface area contributed by atoms with Crippen molar-refractivity contribution in [3.8, 4) is 5.75 Å². The Morgan fingerprint density at radius 3 is 2.81 bits per heavy atom. The maximum absolute atomic E-state index is 12.3. The maximum Gasteiger partial charge on any atom is 0.305 e. The number of aliphatic hydroxyl groups is 1. The van der Waals surface area contributed by atoms with Gasteiger partial charge in [-0.2, -0.15) is 0 Å². The molecule has 21 heavy (non-hydrogen) atoms. The van der Waals surface area contributed by atoms with Crippen LogP contribution in [-0.4, -0.2) is 46.4 Å². The number of esters is 1. The Bertz CT molecular complexity index is 558. The minimum absolute atomic E-state index is 0.0292. The average Bonchev–Trinajstić information content (AvgIpc) is 2.78. The van der Waals surface area contributed by atoms with Crippen molar-refractivity contribution in [2.24, 2.45) is 5.73 Å². The number of aromatic hydroxyl groups is 1. The molecule has 0 spiro atoms. The standard InChI is InChI=1S/C14H18N2O5/c1-21-12(18)6-5-10(13(15)19)16-7-9-8(14(16)20)3-2-4-11(9)17/h2-4,10,13,17,19H,5-7,15H2,1H3. The number of phenols is 1. The smallest absolute Gasteiger partial charge is 0.305 e. The molecule has 4 N–H and O–H groups in total. The van der Waals surface area contributed by atoms with Crippen LogP contribution in [0.4, 0.5) is 0 Å². The zero-order chi connectivity index (χ0) is 15.6. The molecule has 1 aliphatic rings. The summed E-state index contributed by atoms with van der Waals surface area (Å²) in [6, 6.07) is 3.97. The number of phenolic OH excluding ortho intramolecular Hbond substituents is 1. The summed E-state index contributed by atoms with van der Waals surface area (Å²) in [6.07, 6.45) is -1.05. The van der Waals surface area contributed by atoms with E-state index in [1.54, 1.807) is 12.1 Å². The summed E-state index contributed by atoms with van der Waals surface area (Å²) in [5.74, 6) is -0.727. The topological polar surface area (TPSA) is 113 Å². The number of carbonyl (C=O) groups excluding carboxylic acids is 2. The van der Waals surface area contributed by atoms with Crippen molar-refractivity contribution in [3.05, 3.63) is 29.3 Å². The molecule has 0 radical (unpaired) electrons. The van der Waals surface area contributed by atoms with Crippen molar-refractivity contribution in [3.63, 3.8) is 0 Å². The van der Waals surface area contributed by atoms with Crippen LogP contribution in [0.15, 0.2) is 18.2 Å². The Hall–Kier alpha value is -2.12. The van der Waals surface area contributed by atoms with Crippen LogP contribution in [0.2, 0.25) is 0 Å². The van der Waals surface area contributed by atoms with Crippen molar-refractivity contribution in [2.45, 2.75) is 31.7 Å². The van der Waals surface area contributed by atoms with E-state index in [2.05, 4.69) is 4.74 Å². The largest absolute Gasteiger partial charge is 0.508 e. The van der Waals surface area contributed by atoms with Gasteiger partial charge in [0.25, 0.3) is 5.91 Å². The van der Waals surface area contributed by atoms with Crippen LogP contribution in [0.1, 0.15) is 28.8 Å². The third kappa shape index (κ3) is 2.98. The first-order valence-electron chi connectivity index (χ1n) is 6.58. The van der Waals surface area contributed by atoms with Gasteiger partial charge in [0.2, 0.25) is 0 Å². The number of aliphatic hydroxyl groups excluding tert-OH is 1. The number of methoxy groups -OCH3 is 1. The van der Waals surface area contributed by atoms with Gasteiger partial charge in [0.1, 0.15) is 12.0 Å². The number of hydrogen-bond donors (Lipinski definition) is 3. The lowest BCUT2D eigenvalue weighted by molar-refractivity contribution is -0.141. The SMILES string of the molecule is COC(=O)CCC(C(N)O)N1Cc2c(O)cccc2C1=O. The third-order valence-corrected chi connectivity index (χ3v) is 3.64. The van der Waals surface area contributed by atoms with Crippen LogP contribution >= 0.6 is 0 Å². The summed E-state index contributed by atoms with van der Waals surface area (Å²) >= 11 is 0. The van der Waals surface area contributed by atoms with Crippen LogP contribution in [0, 0.1) is 0 Å². The average molecular weight is 294 g/mol. The number of amides is 1. The first-order valence-corrected chi connectivity index (χ1v) is 6.58. The van der Waals surface area contributed by atoms with E-state index in [0.29, 0.717) is 11.1 Å². The lowest BCUT2D eigenvalue weighted by Gasteiger charge is -2.29. The highest BCUT2D eigenvalue weighted by Gasteiger charge is 2.36. The van der Waals surface area contributed by atoms with E-state index in [1.807, 2.05) is 0 Å². The second-order valence-electron chi connectivity index (χ2n) is 4.91. The van der Waals surface area contributed by atoms with Crippen LogP contribution in [0.25, 0.3) is 0 Å². The molecule has 2 atom stereocenters. The molecule has 1 aromatic carbocycles. The summed E-state index contributed by atoms with van der Waals surface area (Å²) in [4.78, 5) is 24.9. The number of fused-ring (bicyclic) bond motifs is 1. The Morgan fingerprint density at radius 1 is 1.52 bits per heavy atom. The van der Waals surface area contributed by atoms with Gasteiger partial charge in [-0.05, 0) is 18.6 Å². The number of benzene rings is 1. The van der Waals surface area contributed by atoms with E-state index < -0.39 is 18.2 Å². The molecular formula is C14H18N2O5. The Kier molecular flexibility index (Phi) is 4.44. The van der Waals surface area contributed by atoms with Crippen LogP contribution < -0.4 is 5.73 Å². The second kappa shape index (κ2) is 6.11. The Balaban J connectivity index is 2.18. The van der Waals surface area contributed by atoms with Crippen molar-refractivity contribution in [1.29, 1.82) is 0 Å². The number of carbonyl (C=O) groups is 2. The van der Waals surface area contributed by atoms with Crippen molar-refractivity contribution < 1.29 is 24.5 Å². The summed E-state index contributed by atoms with van der Waals surface area (Å²) in [7, 11) is 1.27. The van der Waals surface area contributed by atoms with Crippen LogP contribution in [0.5, 0.6) is 5.75 Å². The van der Waals surface area contributed by atoms with Crippen LogP contribution in [-0.2, 0) is 16.1 Å². The van der Waals surface area contributed by atoms with Gasteiger partial charge >= 0.3 is 5.97 Å². The van der Waals surface area contributed by atoms with E-state index in [1.165, 1.54) is 18.1 Å². The number of nitrogens with two attached hydrogens (primary N) is 1. The molecule has 0 aromatic heterocycles. The summed E-state index contributed by atoms with van der Waals surface area (Å²) in [5, 5.41) is 19.5. The summed E-state index contributed by atoms with van der Waals surface area (Å²) < 4.78 is 4.55. The highest BCUT2D eigenvalue weighted by molar-refractivity contribution is 5.99. The fraction of sp³-hybridized carbons (Fsp3) is 0.429. The molecule has 1 aromatic rings. The van der Waals surface area contributed by atoms with Gasteiger partial charge in [0.15, 0.2) is 0 Å². The van der Waals surface area contributed by atoms with Gasteiger partial charge in [-0.15, -0.1) is 0 Å². The van der Waals surface area contributed by atoms with Gasteiger partial charge in [-0.25, -0.2) is 0 Å². The Morgan fingerprint density at radius 2 is 2.24 bits per heavy atom. The summed E-state index contributed by atoms with van der Waals surface area (Å²) in [5.41, 5.74) is 6.42. The molecule has 0 aliphatic carbocycles. The van der Waals surface area contributed by atoms with Crippen molar-refractivity contribution >= 4 is 11.9 Å². The molecule has 0 saturated heterocycles. The quantitative estimate of drug-likeness (QED) is 0.518. The fourth-order valence-electron chi connectivity index (χ4n) is 2.48. The predicted molar refractivity (Wildman–Crippen MR) is 73.2 cm³/mol. The van der Waals surface area contributed by atoms with Gasteiger partial charge < -0.3 is 25.6 Å². The van der Waals surface area contributed by atoms with Crippen molar-refractivity contribution in [2.75, 3.05) is 7.11 Å². The van der Waals surface area contributed by atoms with Gasteiger partial charge in [0, 0.05) is 17.5 Å².